The zero-order chi connectivity index (χ0) is 31.0. The van der Waals surface area contributed by atoms with Gasteiger partial charge in [-0.1, -0.05) is 61.5 Å². The zero-order valence-electron chi connectivity index (χ0n) is 26.0. The third kappa shape index (κ3) is 6.13. The molecule has 3 aromatic carbocycles. The van der Waals surface area contributed by atoms with Crippen LogP contribution in [0.25, 0.3) is 0 Å². The summed E-state index contributed by atoms with van der Waals surface area (Å²) in [5.41, 5.74) is 6.38. The monoisotopic (exact) mass is 612 g/mol. The largest absolute Gasteiger partial charge is 0.432 e. The van der Waals surface area contributed by atoms with E-state index in [2.05, 4.69) is 37.3 Å². The molecule has 6 rings (SSSR count). The average Bonchev–Trinajstić information content (AvgIpc) is 3.33. The topological polar surface area (TPSA) is 90.3 Å². The first-order valence-corrected chi connectivity index (χ1v) is 19.0. The summed E-state index contributed by atoms with van der Waals surface area (Å²) in [5.74, 6) is 0.187. The number of rotatable bonds is 8. The van der Waals surface area contributed by atoms with Crippen LogP contribution in [0.2, 0.25) is 18.6 Å². The fourth-order valence-corrected chi connectivity index (χ4v) is 10.4. The Morgan fingerprint density at radius 2 is 1.68 bits per heavy atom. The minimum absolute atomic E-state index is 0.0289. The van der Waals surface area contributed by atoms with E-state index < -0.39 is 8.32 Å². The maximum Gasteiger partial charge on any atom is 0.231 e. The summed E-state index contributed by atoms with van der Waals surface area (Å²) >= 11 is 0. The fraction of sp³-hybridized carbons (Fsp3) is 0.444. The molecule has 0 aliphatic carbocycles. The summed E-state index contributed by atoms with van der Waals surface area (Å²) in [6.07, 6.45) is 3.18. The van der Waals surface area contributed by atoms with E-state index in [0.29, 0.717) is 19.4 Å². The Morgan fingerprint density at radius 3 is 2.43 bits per heavy atom. The highest BCUT2D eigenvalue weighted by molar-refractivity contribution is 6.71. The first-order chi connectivity index (χ1) is 21.1. The number of ether oxygens (including phenoxy) is 1. The van der Waals surface area contributed by atoms with E-state index in [1.54, 1.807) is 4.90 Å². The van der Waals surface area contributed by atoms with E-state index in [1.807, 2.05) is 60.5 Å². The number of benzene rings is 3. The van der Waals surface area contributed by atoms with E-state index in [9.17, 15) is 19.5 Å². The van der Waals surface area contributed by atoms with Crippen LogP contribution >= 0.6 is 0 Å². The van der Waals surface area contributed by atoms with Crippen molar-refractivity contribution in [2.45, 2.75) is 88.9 Å². The summed E-state index contributed by atoms with van der Waals surface area (Å²) in [5, 5.41) is 10.1. The van der Waals surface area contributed by atoms with Gasteiger partial charge in [0.05, 0.1) is 37.0 Å². The number of carbonyl (C=O) groups excluding carboxylic acids is 2. The van der Waals surface area contributed by atoms with Gasteiger partial charge in [-0.2, -0.15) is 0 Å². The molecule has 1 fully saturated rings. The number of hydrogen-bond acceptors (Lipinski definition) is 5. The normalized spacial score (nSPS) is 25.1. The van der Waals surface area contributed by atoms with Gasteiger partial charge in [-0.3, -0.25) is 14.5 Å². The fourth-order valence-electron chi connectivity index (χ4n) is 7.81. The molecule has 0 unspecified atom stereocenters. The lowest BCUT2D eigenvalue weighted by atomic mass is 9.93. The van der Waals surface area contributed by atoms with Crippen LogP contribution in [0, 0.1) is 5.92 Å². The minimum Gasteiger partial charge on any atom is -0.432 e. The highest BCUT2D eigenvalue weighted by atomic mass is 28.4. The second kappa shape index (κ2) is 12.6. The van der Waals surface area contributed by atoms with Crippen molar-refractivity contribution in [3.05, 3.63) is 95.1 Å². The van der Waals surface area contributed by atoms with E-state index in [0.717, 1.165) is 41.8 Å². The number of aryl methyl sites for hydroxylation is 2. The lowest BCUT2D eigenvalue weighted by Crippen LogP contribution is -2.48. The molecule has 0 spiro atoms. The van der Waals surface area contributed by atoms with Crippen molar-refractivity contribution in [2.24, 2.45) is 5.92 Å². The van der Waals surface area contributed by atoms with Crippen LogP contribution in [-0.2, 0) is 40.1 Å². The number of anilines is 2. The number of para-hydroxylation sites is 1. The summed E-state index contributed by atoms with van der Waals surface area (Å²) in [7, 11) is -2.66. The number of aliphatic hydroxyl groups excluding tert-OH is 1. The van der Waals surface area contributed by atoms with Gasteiger partial charge in [-0.05, 0) is 85.1 Å². The molecule has 3 aliphatic heterocycles. The van der Waals surface area contributed by atoms with Crippen molar-refractivity contribution >= 4 is 31.5 Å². The molecule has 2 N–H and O–H groups in total. The second-order valence-electron chi connectivity index (χ2n) is 13.4. The van der Waals surface area contributed by atoms with Crippen LogP contribution in [0.15, 0.2) is 72.8 Å². The third-order valence-electron chi connectivity index (χ3n) is 9.96. The number of fused-ring (bicyclic) bond motifs is 2. The Balaban J connectivity index is 1.15. The zero-order valence-corrected chi connectivity index (χ0v) is 27.0. The molecule has 232 valence electrons. The van der Waals surface area contributed by atoms with Crippen LogP contribution in [-0.4, -0.2) is 59.8 Å². The van der Waals surface area contributed by atoms with Gasteiger partial charge in [-0.25, -0.2) is 0 Å². The van der Waals surface area contributed by atoms with Crippen LogP contribution in [0.5, 0.6) is 0 Å². The first-order valence-electron chi connectivity index (χ1n) is 16.0. The Bertz CT molecular complexity index is 1520. The van der Waals surface area contributed by atoms with E-state index in [-0.39, 0.29) is 54.6 Å². The molecular formula is C36H44N2O5Si. The molecule has 0 radical (unpaired) electrons. The highest BCUT2D eigenvalue weighted by Gasteiger charge is 2.50. The molecule has 8 heteroatoms. The molecule has 1 saturated heterocycles. The second-order valence-corrected chi connectivity index (χ2v) is 17.3. The van der Waals surface area contributed by atoms with Gasteiger partial charge in [0.25, 0.3) is 0 Å². The van der Waals surface area contributed by atoms with Crippen molar-refractivity contribution < 1.29 is 24.2 Å². The predicted molar refractivity (Wildman–Crippen MR) is 174 cm³/mol. The molecule has 3 heterocycles. The number of nitrogens with zero attached hydrogens (tertiary/aromatic N) is 2. The highest BCUT2D eigenvalue weighted by Crippen LogP contribution is 2.46. The van der Waals surface area contributed by atoms with Crippen LogP contribution in [0.1, 0.15) is 48.4 Å². The van der Waals surface area contributed by atoms with Gasteiger partial charge < -0.3 is 19.5 Å². The first kappa shape index (κ1) is 30.7. The molecule has 0 saturated carbocycles. The molecule has 44 heavy (non-hydrogen) atoms. The van der Waals surface area contributed by atoms with Gasteiger partial charge in [0.2, 0.25) is 11.8 Å². The van der Waals surface area contributed by atoms with Crippen molar-refractivity contribution in [3.8, 4) is 0 Å². The lowest BCUT2D eigenvalue weighted by Gasteiger charge is -2.37. The van der Waals surface area contributed by atoms with Gasteiger partial charge in [0.15, 0.2) is 8.32 Å². The lowest BCUT2D eigenvalue weighted by molar-refractivity contribution is -0.138. The van der Waals surface area contributed by atoms with Gasteiger partial charge in [0, 0.05) is 24.2 Å². The molecule has 0 bridgehead atoms. The van der Waals surface area contributed by atoms with Crippen LogP contribution in [0.3, 0.4) is 0 Å². The van der Waals surface area contributed by atoms with Gasteiger partial charge in [0.1, 0.15) is 0 Å². The maximum absolute atomic E-state index is 13.7. The number of aliphatic hydroxyl groups is 1. The smallest absolute Gasteiger partial charge is 0.231 e. The molecule has 5 atom stereocenters. The summed E-state index contributed by atoms with van der Waals surface area (Å²) in [6, 6.07) is 24.2. The summed E-state index contributed by atoms with van der Waals surface area (Å²) in [4.78, 5) is 41.7. The average molecular weight is 613 g/mol. The molecule has 0 aromatic heterocycles. The maximum atomic E-state index is 13.7. The number of carbonyl (C=O) groups is 2. The van der Waals surface area contributed by atoms with Crippen LogP contribution in [0.4, 0.5) is 11.4 Å². The van der Waals surface area contributed by atoms with Crippen molar-refractivity contribution in [1.29, 1.82) is 0 Å². The van der Waals surface area contributed by atoms with Gasteiger partial charge in [-0.15, -0.1) is 0 Å². The van der Waals surface area contributed by atoms with Crippen molar-refractivity contribution in [2.75, 3.05) is 11.5 Å². The Morgan fingerprint density at radius 1 is 0.955 bits per heavy atom. The third-order valence-corrected chi connectivity index (χ3v) is 12.5. The standard InChI is InChI=1S/C36H44N2O5Si/c1-24-32(17-15-25-9-8-13-29(19-25)38-31-14-7-6-10-26(31)16-18-34(38)40)43-33(36(24)44(2,3)42)21-35(41)37-22-28-12-5-4-11-27(28)20-30(37)23-39/h4-14,19,24,30,32-33,36,39,42H,15-18,20-23H2,1-3H3/t24-,30-,32+,33-,36+/m0/s1. The Kier molecular flexibility index (Phi) is 8.79. The molecule has 2 amide bonds. The molecular weight excluding hydrogens is 568 g/mol. The molecule has 3 aliphatic rings. The quantitative estimate of drug-likeness (QED) is 0.326. The Labute approximate surface area is 261 Å². The van der Waals surface area contributed by atoms with Crippen molar-refractivity contribution in [3.63, 3.8) is 0 Å². The van der Waals surface area contributed by atoms with E-state index in [4.69, 9.17) is 4.74 Å². The predicted octanol–water partition coefficient (Wildman–Crippen LogP) is 5.54. The summed E-state index contributed by atoms with van der Waals surface area (Å²) in [6.45, 7) is 6.45. The molecule has 7 nitrogen and oxygen atoms in total. The van der Waals surface area contributed by atoms with E-state index >= 15 is 0 Å². The van der Waals surface area contributed by atoms with Gasteiger partial charge >= 0.3 is 0 Å². The van der Waals surface area contributed by atoms with Crippen molar-refractivity contribution in [1.82, 2.24) is 4.90 Å². The SMILES string of the molecule is C[C@@H]1[C@@H]([Si](C)(C)O)[C@H](CC(=O)N2Cc3ccccc3C[C@H]2CO)O[C@@H]1CCc1cccc(N2C(=O)CCc3ccccc32)c1. The minimum atomic E-state index is -2.66. The van der Waals surface area contributed by atoms with Crippen LogP contribution < -0.4 is 4.90 Å². The number of hydrogen-bond donors (Lipinski definition) is 2. The molecule has 3 aromatic rings. The van der Waals surface area contributed by atoms with E-state index in [1.165, 1.54) is 11.1 Å². The Hall–Kier alpha value is -3.30. The summed E-state index contributed by atoms with van der Waals surface area (Å²) < 4.78 is 6.64. The number of amides is 2.